The van der Waals surface area contributed by atoms with Crippen LogP contribution in [0.2, 0.25) is 0 Å². The first-order valence-electron chi connectivity index (χ1n) is 5.36. The van der Waals surface area contributed by atoms with Crippen LogP contribution in [0.3, 0.4) is 0 Å². The van der Waals surface area contributed by atoms with E-state index in [1.165, 1.54) is 17.6 Å². The second-order valence-corrected chi connectivity index (χ2v) is 4.50. The van der Waals surface area contributed by atoms with Crippen LogP contribution in [0.4, 0.5) is 8.78 Å². The highest BCUT2D eigenvalue weighted by atomic mass is 32.1. The predicted octanol–water partition coefficient (Wildman–Crippen LogP) is 2.92. The molecule has 4 nitrogen and oxygen atoms in total. The van der Waals surface area contributed by atoms with Crippen LogP contribution < -0.4 is 0 Å². The molecule has 0 unspecified atom stereocenters. The van der Waals surface area contributed by atoms with Crippen molar-refractivity contribution in [1.82, 2.24) is 19.6 Å². The predicted molar refractivity (Wildman–Crippen MR) is 64.3 cm³/mol. The van der Waals surface area contributed by atoms with Gasteiger partial charge in [-0.15, -0.1) is 5.10 Å². The second-order valence-electron chi connectivity index (χ2n) is 3.75. The van der Waals surface area contributed by atoms with Gasteiger partial charge in [0.05, 0.1) is 11.2 Å². The number of imidazole rings is 1. The summed E-state index contributed by atoms with van der Waals surface area (Å²) in [6.07, 6.45) is 0.708. The number of rotatable bonds is 2. The average molecular weight is 266 g/mol. The third kappa shape index (κ3) is 1.59. The Bertz CT molecular complexity index is 719. The first-order chi connectivity index (χ1) is 8.70. The number of nitrogens with one attached hydrogen (secondary N) is 1. The summed E-state index contributed by atoms with van der Waals surface area (Å²) < 4.78 is 30.5. The Labute approximate surface area is 105 Å². The fraction of sp³-hybridized carbons (Fsp3) is 0.182. The maximum absolute atomic E-state index is 13.6. The summed E-state index contributed by atoms with van der Waals surface area (Å²) in [4.78, 5) is 7.80. The van der Waals surface area contributed by atoms with Crippen molar-refractivity contribution in [1.29, 1.82) is 0 Å². The number of aromatic nitrogens is 4. The highest BCUT2D eigenvalue weighted by Gasteiger charge is 2.16. The van der Waals surface area contributed by atoms with Gasteiger partial charge in [0.2, 0.25) is 0 Å². The van der Waals surface area contributed by atoms with Gasteiger partial charge in [-0.1, -0.05) is 11.4 Å². The van der Waals surface area contributed by atoms with Crippen LogP contribution in [0.5, 0.6) is 0 Å². The Kier molecular flexibility index (Phi) is 2.55. The number of halogens is 2. The molecule has 92 valence electrons. The highest BCUT2D eigenvalue weighted by Crippen LogP contribution is 2.27. The van der Waals surface area contributed by atoms with Gasteiger partial charge >= 0.3 is 0 Å². The van der Waals surface area contributed by atoms with Gasteiger partial charge in [-0.05, 0) is 30.1 Å². The number of nitrogens with zero attached hydrogens (tertiary/aromatic N) is 3. The van der Waals surface area contributed by atoms with Crippen molar-refractivity contribution in [3.05, 3.63) is 29.5 Å². The van der Waals surface area contributed by atoms with E-state index in [0.717, 1.165) is 16.6 Å². The maximum atomic E-state index is 13.6. The molecule has 3 rings (SSSR count). The van der Waals surface area contributed by atoms with Crippen LogP contribution in [0.15, 0.2) is 12.1 Å². The van der Waals surface area contributed by atoms with E-state index in [1.54, 1.807) is 0 Å². The minimum Gasteiger partial charge on any atom is -0.337 e. The molecule has 0 aliphatic carbocycles. The molecule has 0 spiro atoms. The fourth-order valence-corrected chi connectivity index (χ4v) is 2.44. The molecule has 0 bridgehead atoms. The minimum atomic E-state index is -0.939. The SMILES string of the molecule is CCc1nnsc1-c1nc2c(F)c(F)ccc2[nH]1. The number of benzene rings is 1. The Balaban J connectivity index is 2.23. The number of aromatic amines is 1. The fourth-order valence-electron chi connectivity index (χ4n) is 1.74. The van der Waals surface area contributed by atoms with Gasteiger partial charge in [0.15, 0.2) is 17.5 Å². The lowest BCUT2D eigenvalue weighted by atomic mass is 10.3. The van der Waals surface area contributed by atoms with Crippen LogP contribution in [-0.4, -0.2) is 19.6 Å². The molecule has 3 aromatic rings. The van der Waals surface area contributed by atoms with E-state index >= 15 is 0 Å². The zero-order chi connectivity index (χ0) is 12.7. The van der Waals surface area contributed by atoms with Gasteiger partial charge in [0, 0.05) is 0 Å². The van der Waals surface area contributed by atoms with Crippen molar-refractivity contribution in [2.75, 3.05) is 0 Å². The second kappa shape index (κ2) is 4.09. The molecule has 1 N–H and O–H groups in total. The van der Waals surface area contributed by atoms with Crippen molar-refractivity contribution < 1.29 is 8.78 Å². The van der Waals surface area contributed by atoms with Crippen molar-refractivity contribution >= 4 is 22.6 Å². The van der Waals surface area contributed by atoms with Crippen molar-refractivity contribution in [3.63, 3.8) is 0 Å². The summed E-state index contributed by atoms with van der Waals surface area (Å²) in [5, 5.41) is 3.96. The Morgan fingerprint density at radius 2 is 2.17 bits per heavy atom. The summed E-state index contributed by atoms with van der Waals surface area (Å²) in [6.45, 7) is 1.95. The molecule has 7 heteroatoms. The van der Waals surface area contributed by atoms with Gasteiger partial charge in [0.25, 0.3) is 0 Å². The van der Waals surface area contributed by atoms with Gasteiger partial charge in [-0.3, -0.25) is 0 Å². The first kappa shape index (κ1) is 11.2. The molecule has 0 saturated heterocycles. The van der Waals surface area contributed by atoms with Gasteiger partial charge in [-0.2, -0.15) is 0 Å². The molecule has 0 saturated carbocycles. The van der Waals surface area contributed by atoms with Crippen molar-refractivity contribution in [2.24, 2.45) is 0 Å². The number of aryl methyl sites for hydroxylation is 1. The molecular formula is C11H8F2N4S. The van der Waals surface area contributed by atoms with E-state index < -0.39 is 11.6 Å². The van der Waals surface area contributed by atoms with Crippen molar-refractivity contribution in [3.8, 4) is 10.7 Å². The van der Waals surface area contributed by atoms with Crippen LogP contribution in [0, 0.1) is 11.6 Å². The van der Waals surface area contributed by atoms with Crippen LogP contribution in [0.25, 0.3) is 21.7 Å². The summed E-state index contributed by atoms with van der Waals surface area (Å²) in [5.41, 5.74) is 1.25. The van der Waals surface area contributed by atoms with E-state index in [9.17, 15) is 8.78 Å². The third-order valence-electron chi connectivity index (χ3n) is 2.65. The van der Waals surface area contributed by atoms with Crippen molar-refractivity contribution in [2.45, 2.75) is 13.3 Å². The Morgan fingerprint density at radius 1 is 1.33 bits per heavy atom. The largest absolute Gasteiger partial charge is 0.337 e. The topological polar surface area (TPSA) is 54.5 Å². The summed E-state index contributed by atoms with van der Waals surface area (Å²) in [5.74, 6) is -1.37. The monoisotopic (exact) mass is 266 g/mol. The Morgan fingerprint density at radius 3 is 2.94 bits per heavy atom. The van der Waals surface area contributed by atoms with E-state index in [0.29, 0.717) is 17.8 Å². The maximum Gasteiger partial charge on any atom is 0.186 e. The molecule has 2 heterocycles. The molecule has 18 heavy (non-hydrogen) atoms. The molecule has 0 radical (unpaired) electrons. The lowest BCUT2D eigenvalue weighted by molar-refractivity contribution is 0.515. The Hall–Kier alpha value is -1.89. The molecular weight excluding hydrogens is 258 g/mol. The van der Waals surface area contributed by atoms with Gasteiger partial charge < -0.3 is 4.98 Å². The summed E-state index contributed by atoms with van der Waals surface area (Å²) in [6, 6.07) is 2.54. The molecule has 2 aromatic heterocycles. The zero-order valence-corrected chi connectivity index (χ0v) is 10.2. The molecule has 1 aromatic carbocycles. The smallest absolute Gasteiger partial charge is 0.186 e. The quantitative estimate of drug-likeness (QED) is 0.776. The number of H-pyrrole nitrogens is 1. The van der Waals surface area contributed by atoms with Crippen LogP contribution >= 0.6 is 11.5 Å². The number of fused-ring (bicyclic) bond motifs is 1. The summed E-state index contributed by atoms with van der Waals surface area (Å²) >= 11 is 1.18. The van der Waals surface area contributed by atoms with Gasteiger partial charge in [-0.25, -0.2) is 13.8 Å². The van der Waals surface area contributed by atoms with Crippen LogP contribution in [-0.2, 0) is 6.42 Å². The van der Waals surface area contributed by atoms with E-state index in [2.05, 4.69) is 19.6 Å². The highest BCUT2D eigenvalue weighted by molar-refractivity contribution is 7.09. The summed E-state index contributed by atoms with van der Waals surface area (Å²) in [7, 11) is 0. The van der Waals surface area contributed by atoms with E-state index in [-0.39, 0.29) is 5.52 Å². The standard InChI is InChI=1S/C11H8F2N4S/c1-2-6-10(18-17-16-6)11-14-7-4-3-5(12)8(13)9(7)15-11/h3-4H,2H2,1H3,(H,14,15). The third-order valence-corrected chi connectivity index (χ3v) is 3.43. The minimum absolute atomic E-state index is 0.000420. The van der Waals surface area contributed by atoms with Gasteiger partial charge in [0.1, 0.15) is 10.4 Å². The average Bonchev–Trinajstić information content (AvgIpc) is 2.99. The molecule has 0 fully saturated rings. The first-order valence-corrected chi connectivity index (χ1v) is 6.13. The van der Waals surface area contributed by atoms with Crippen LogP contribution in [0.1, 0.15) is 12.6 Å². The lowest BCUT2D eigenvalue weighted by Gasteiger charge is -1.91. The molecule has 0 aliphatic heterocycles. The van der Waals surface area contributed by atoms with E-state index in [4.69, 9.17) is 0 Å². The zero-order valence-electron chi connectivity index (χ0n) is 9.37. The van der Waals surface area contributed by atoms with E-state index in [1.807, 2.05) is 6.92 Å². The number of hydrogen-bond acceptors (Lipinski definition) is 4. The molecule has 0 aliphatic rings. The number of hydrogen-bond donors (Lipinski definition) is 1. The molecule has 0 amide bonds. The molecule has 0 atom stereocenters. The normalized spacial score (nSPS) is 11.3. The lowest BCUT2D eigenvalue weighted by Crippen LogP contribution is -1.86.